The second kappa shape index (κ2) is 4.98. The fraction of sp³-hybridized carbons (Fsp3) is 0.545. The minimum atomic E-state index is -0.318. The second-order valence-corrected chi connectivity index (χ2v) is 3.78. The van der Waals surface area contributed by atoms with E-state index in [-0.39, 0.29) is 12.1 Å². The van der Waals surface area contributed by atoms with Crippen molar-refractivity contribution in [3.8, 4) is 5.75 Å². The van der Waals surface area contributed by atoms with Crippen LogP contribution in [-0.2, 0) is 0 Å². The van der Waals surface area contributed by atoms with Crippen LogP contribution in [0.5, 0.6) is 5.75 Å². The third kappa shape index (κ3) is 3.09. The number of hydrogen-bond acceptors (Lipinski definition) is 4. The molecule has 1 atom stereocenters. The first kappa shape index (κ1) is 11.8. The van der Waals surface area contributed by atoms with E-state index in [4.69, 9.17) is 4.74 Å². The first-order valence-corrected chi connectivity index (χ1v) is 5.02. The SMILES string of the molecule is CCC(C)(CO)Nc1ccc(OC)cn1. The minimum Gasteiger partial charge on any atom is -0.495 e. The first-order chi connectivity index (χ1) is 7.13. The molecule has 1 rings (SSSR count). The number of hydrogen-bond donors (Lipinski definition) is 2. The molecule has 0 saturated heterocycles. The van der Waals surface area contributed by atoms with Crippen molar-refractivity contribution >= 4 is 5.82 Å². The van der Waals surface area contributed by atoms with E-state index < -0.39 is 0 Å². The van der Waals surface area contributed by atoms with Gasteiger partial charge in [-0.25, -0.2) is 4.98 Å². The molecular formula is C11H18N2O2. The van der Waals surface area contributed by atoms with Crippen LogP contribution < -0.4 is 10.1 Å². The van der Waals surface area contributed by atoms with E-state index in [9.17, 15) is 5.11 Å². The number of anilines is 1. The van der Waals surface area contributed by atoms with Crippen molar-refractivity contribution in [2.24, 2.45) is 0 Å². The number of methoxy groups -OCH3 is 1. The van der Waals surface area contributed by atoms with Crippen molar-refractivity contribution in [1.82, 2.24) is 4.98 Å². The first-order valence-electron chi connectivity index (χ1n) is 5.02. The number of aromatic nitrogens is 1. The van der Waals surface area contributed by atoms with Crippen LogP contribution in [0.4, 0.5) is 5.82 Å². The number of aliphatic hydroxyl groups excluding tert-OH is 1. The summed E-state index contributed by atoms with van der Waals surface area (Å²) in [5.74, 6) is 1.47. The summed E-state index contributed by atoms with van der Waals surface area (Å²) >= 11 is 0. The molecule has 0 bridgehead atoms. The molecule has 1 aromatic rings. The molecule has 0 radical (unpaired) electrons. The Morgan fingerprint density at radius 2 is 2.27 bits per heavy atom. The third-order valence-electron chi connectivity index (χ3n) is 2.53. The van der Waals surface area contributed by atoms with E-state index in [0.717, 1.165) is 18.0 Å². The molecular weight excluding hydrogens is 192 g/mol. The number of nitrogens with one attached hydrogen (secondary N) is 1. The molecule has 0 saturated carbocycles. The monoisotopic (exact) mass is 210 g/mol. The van der Waals surface area contributed by atoms with Crippen LogP contribution in [0.2, 0.25) is 0 Å². The lowest BCUT2D eigenvalue weighted by Crippen LogP contribution is -2.38. The zero-order valence-electron chi connectivity index (χ0n) is 9.45. The Labute approximate surface area is 90.3 Å². The Morgan fingerprint density at radius 3 is 2.67 bits per heavy atom. The lowest BCUT2D eigenvalue weighted by Gasteiger charge is -2.27. The van der Waals surface area contributed by atoms with Gasteiger partial charge in [0.2, 0.25) is 0 Å². The highest BCUT2D eigenvalue weighted by atomic mass is 16.5. The van der Waals surface area contributed by atoms with Gasteiger partial charge in [-0.05, 0) is 25.5 Å². The molecule has 4 nitrogen and oxygen atoms in total. The number of nitrogens with zero attached hydrogens (tertiary/aromatic N) is 1. The van der Waals surface area contributed by atoms with E-state index in [1.54, 1.807) is 13.3 Å². The smallest absolute Gasteiger partial charge is 0.137 e. The van der Waals surface area contributed by atoms with E-state index in [1.807, 2.05) is 26.0 Å². The minimum absolute atomic E-state index is 0.0806. The molecule has 1 heterocycles. The molecule has 0 aliphatic heterocycles. The third-order valence-corrected chi connectivity index (χ3v) is 2.53. The molecule has 0 spiro atoms. The highest BCUT2D eigenvalue weighted by molar-refractivity contribution is 5.39. The molecule has 2 N–H and O–H groups in total. The maximum Gasteiger partial charge on any atom is 0.137 e. The van der Waals surface area contributed by atoms with E-state index in [1.165, 1.54) is 0 Å². The molecule has 4 heteroatoms. The molecule has 0 aliphatic carbocycles. The lowest BCUT2D eigenvalue weighted by atomic mass is 10.0. The predicted molar refractivity (Wildman–Crippen MR) is 60.2 cm³/mol. The Hall–Kier alpha value is -1.29. The maximum absolute atomic E-state index is 9.23. The summed E-state index contributed by atoms with van der Waals surface area (Å²) in [5, 5.41) is 12.4. The number of aliphatic hydroxyl groups is 1. The van der Waals surface area contributed by atoms with Gasteiger partial charge in [0.1, 0.15) is 11.6 Å². The van der Waals surface area contributed by atoms with Crippen LogP contribution in [0.25, 0.3) is 0 Å². The van der Waals surface area contributed by atoms with Crippen molar-refractivity contribution in [3.05, 3.63) is 18.3 Å². The summed E-state index contributed by atoms with van der Waals surface area (Å²) in [6.07, 6.45) is 2.48. The standard InChI is InChI=1S/C11H18N2O2/c1-4-11(2,8-14)13-10-6-5-9(15-3)7-12-10/h5-7,14H,4,8H2,1-3H3,(H,12,13). The molecule has 1 aromatic heterocycles. The van der Waals surface area contributed by atoms with Crippen LogP contribution in [0.3, 0.4) is 0 Å². The van der Waals surface area contributed by atoms with Gasteiger partial charge >= 0.3 is 0 Å². The highest BCUT2D eigenvalue weighted by Gasteiger charge is 2.20. The van der Waals surface area contributed by atoms with Crippen LogP contribution >= 0.6 is 0 Å². The normalized spacial score (nSPS) is 14.4. The number of pyridine rings is 1. The number of ether oxygens (including phenoxy) is 1. The fourth-order valence-corrected chi connectivity index (χ4v) is 1.12. The predicted octanol–water partition coefficient (Wildman–Crippen LogP) is 1.66. The quantitative estimate of drug-likeness (QED) is 0.776. The summed E-state index contributed by atoms with van der Waals surface area (Å²) in [6, 6.07) is 3.67. The Bertz CT molecular complexity index is 294. The summed E-state index contributed by atoms with van der Waals surface area (Å²) in [4.78, 5) is 4.18. The van der Waals surface area contributed by atoms with Crippen LogP contribution in [0, 0.1) is 0 Å². The van der Waals surface area contributed by atoms with Crippen LogP contribution in [0.15, 0.2) is 18.3 Å². The Morgan fingerprint density at radius 1 is 1.53 bits per heavy atom. The molecule has 0 aromatic carbocycles. The maximum atomic E-state index is 9.23. The van der Waals surface area contributed by atoms with Gasteiger partial charge in [0.05, 0.1) is 25.5 Å². The van der Waals surface area contributed by atoms with E-state index in [2.05, 4.69) is 10.3 Å². The van der Waals surface area contributed by atoms with Crippen LogP contribution in [0.1, 0.15) is 20.3 Å². The van der Waals surface area contributed by atoms with Gasteiger partial charge in [-0.1, -0.05) is 6.92 Å². The number of rotatable bonds is 5. The van der Waals surface area contributed by atoms with Gasteiger partial charge in [0, 0.05) is 0 Å². The van der Waals surface area contributed by atoms with E-state index in [0.29, 0.717) is 0 Å². The van der Waals surface area contributed by atoms with Crippen molar-refractivity contribution in [2.75, 3.05) is 19.0 Å². The summed E-state index contributed by atoms with van der Waals surface area (Å²) in [6.45, 7) is 4.06. The van der Waals surface area contributed by atoms with Gasteiger partial charge in [0.15, 0.2) is 0 Å². The van der Waals surface area contributed by atoms with E-state index >= 15 is 0 Å². The highest BCUT2D eigenvalue weighted by Crippen LogP contribution is 2.18. The topological polar surface area (TPSA) is 54.4 Å². The summed E-state index contributed by atoms with van der Waals surface area (Å²) < 4.78 is 5.01. The van der Waals surface area contributed by atoms with Crippen molar-refractivity contribution in [1.29, 1.82) is 0 Å². The van der Waals surface area contributed by atoms with Crippen molar-refractivity contribution in [2.45, 2.75) is 25.8 Å². The Balaban J connectivity index is 2.71. The second-order valence-electron chi connectivity index (χ2n) is 3.78. The lowest BCUT2D eigenvalue weighted by molar-refractivity contribution is 0.218. The average Bonchev–Trinajstić information content (AvgIpc) is 2.30. The average molecular weight is 210 g/mol. The molecule has 0 amide bonds. The molecule has 1 unspecified atom stereocenters. The molecule has 0 fully saturated rings. The molecule has 0 aliphatic rings. The molecule has 15 heavy (non-hydrogen) atoms. The summed E-state index contributed by atoms with van der Waals surface area (Å²) in [7, 11) is 1.61. The van der Waals surface area contributed by atoms with Gasteiger partial charge in [-0.15, -0.1) is 0 Å². The zero-order valence-corrected chi connectivity index (χ0v) is 9.45. The Kier molecular flexibility index (Phi) is 3.91. The van der Waals surface area contributed by atoms with Gasteiger partial charge in [-0.2, -0.15) is 0 Å². The van der Waals surface area contributed by atoms with Crippen LogP contribution in [-0.4, -0.2) is 29.3 Å². The van der Waals surface area contributed by atoms with Gasteiger partial charge in [-0.3, -0.25) is 0 Å². The van der Waals surface area contributed by atoms with Crippen molar-refractivity contribution in [3.63, 3.8) is 0 Å². The zero-order chi connectivity index (χ0) is 11.3. The summed E-state index contributed by atoms with van der Waals surface area (Å²) in [5.41, 5.74) is -0.318. The fourth-order valence-electron chi connectivity index (χ4n) is 1.12. The molecule has 84 valence electrons. The largest absolute Gasteiger partial charge is 0.495 e. The van der Waals surface area contributed by atoms with Crippen molar-refractivity contribution < 1.29 is 9.84 Å². The van der Waals surface area contributed by atoms with Gasteiger partial charge < -0.3 is 15.2 Å². The van der Waals surface area contributed by atoms with Gasteiger partial charge in [0.25, 0.3) is 0 Å².